The average Bonchev–Trinajstić information content (AvgIpc) is 3.05. The lowest BCUT2D eigenvalue weighted by Crippen LogP contribution is -2.41. The fraction of sp³-hybridized carbons (Fsp3) is 0.200. The standard InChI is InChI=1S/C25H23N3O5/c1-3-33-22(18-14-16-21(17-15-18)28(31)32)25(2)23(29)26(19-10-6-4-7-11-19)27(24(25)30)20-12-8-5-9-13-20/h4-17,22H,3H2,1-2H3. The van der Waals surface area contributed by atoms with Crippen LogP contribution in [0.2, 0.25) is 0 Å². The number of hydrazine groups is 1. The van der Waals surface area contributed by atoms with Crippen LogP contribution in [0.15, 0.2) is 84.9 Å². The number of non-ortho nitro benzene ring substituents is 1. The van der Waals surface area contributed by atoms with E-state index in [-0.39, 0.29) is 12.3 Å². The summed E-state index contributed by atoms with van der Waals surface area (Å²) in [5.41, 5.74) is -0.0861. The van der Waals surface area contributed by atoms with Gasteiger partial charge in [0.05, 0.1) is 16.3 Å². The van der Waals surface area contributed by atoms with Gasteiger partial charge in [-0.1, -0.05) is 36.4 Å². The summed E-state index contributed by atoms with van der Waals surface area (Å²) >= 11 is 0. The van der Waals surface area contributed by atoms with Gasteiger partial charge in [-0.15, -0.1) is 0 Å². The average molecular weight is 445 g/mol. The van der Waals surface area contributed by atoms with Crippen molar-refractivity contribution in [3.63, 3.8) is 0 Å². The van der Waals surface area contributed by atoms with Crippen molar-refractivity contribution in [2.24, 2.45) is 5.41 Å². The number of rotatable bonds is 7. The lowest BCUT2D eigenvalue weighted by molar-refractivity contribution is -0.384. The highest BCUT2D eigenvalue weighted by atomic mass is 16.6. The molecule has 0 saturated carbocycles. The first-order valence-electron chi connectivity index (χ1n) is 10.5. The molecule has 8 heteroatoms. The van der Waals surface area contributed by atoms with Gasteiger partial charge in [0.25, 0.3) is 17.5 Å². The molecule has 33 heavy (non-hydrogen) atoms. The van der Waals surface area contributed by atoms with Crippen LogP contribution in [0.25, 0.3) is 0 Å². The summed E-state index contributed by atoms with van der Waals surface area (Å²) in [5, 5.41) is 13.8. The van der Waals surface area contributed by atoms with E-state index in [2.05, 4.69) is 0 Å². The van der Waals surface area contributed by atoms with Crippen molar-refractivity contribution in [2.45, 2.75) is 20.0 Å². The first-order valence-corrected chi connectivity index (χ1v) is 10.5. The third-order valence-corrected chi connectivity index (χ3v) is 5.74. The second-order valence-corrected chi connectivity index (χ2v) is 7.79. The van der Waals surface area contributed by atoms with Crippen LogP contribution in [0, 0.1) is 15.5 Å². The first-order chi connectivity index (χ1) is 15.9. The second kappa shape index (κ2) is 8.84. The molecule has 2 amide bonds. The van der Waals surface area contributed by atoms with Gasteiger partial charge in [-0.2, -0.15) is 0 Å². The summed E-state index contributed by atoms with van der Waals surface area (Å²) in [6.45, 7) is 3.59. The Bertz CT molecular complexity index is 1110. The number of para-hydroxylation sites is 2. The number of nitro groups is 1. The molecule has 4 rings (SSSR count). The zero-order valence-electron chi connectivity index (χ0n) is 18.3. The Hall–Kier alpha value is -4.04. The van der Waals surface area contributed by atoms with Crippen LogP contribution in [-0.4, -0.2) is 23.3 Å². The van der Waals surface area contributed by atoms with Crippen molar-refractivity contribution >= 4 is 28.9 Å². The summed E-state index contributed by atoms with van der Waals surface area (Å²) in [6, 6.07) is 23.6. The van der Waals surface area contributed by atoms with E-state index in [1.807, 2.05) is 12.1 Å². The molecule has 3 aromatic carbocycles. The van der Waals surface area contributed by atoms with Gasteiger partial charge in [0, 0.05) is 18.7 Å². The highest BCUT2D eigenvalue weighted by Gasteiger charge is 2.61. The van der Waals surface area contributed by atoms with Crippen molar-refractivity contribution in [1.82, 2.24) is 0 Å². The molecule has 1 heterocycles. The van der Waals surface area contributed by atoms with Gasteiger partial charge in [0.2, 0.25) is 0 Å². The second-order valence-electron chi connectivity index (χ2n) is 7.79. The molecule has 1 fully saturated rings. The van der Waals surface area contributed by atoms with Crippen LogP contribution >= 0.6 is 0 Å². The van der Waals surface area contributed by atoms with Gasteiger partial charge in [0.1, 0.15) is 6.10 Å². The largest absolute Gasteiger partial charge is 0.372 e. The summed E-state index contributed by atoms with van der Waals surface area (Å²) in [6.07, 6.45) is -0.941. The maximum atomic E-state index is 14.0. The van der Waals surface area contributed by atoms with Crippen molar-refractivity contribution in [3.8, 4) is 0 Å². The minimum Gasteiger partial charge on any atom is -0.372 e. The van der Waals surface area contributed by atoms with E-state index in [1.165, 1.54) is 34.3 Å². The van der Waals surface area contributed by atoms with E-state index in [0.29, 0.717) is 16.9 Å². The molecule has 0 radical (unpaired) electrons. The van der Waals surface area contributed by atoms with Gasteiger partial charge >= 0.3 is 0 Å². The molecule has 0 aliphatic carbocycles. The SMILES string of the molecule is CCOC(c1ccc([N+](=O)[O-])cc1)C1(C)C(=O)N(c2ccccc2)N(c2ccccc2)C1=O. The smallest absolute Gasteiger partial charge is 0.269 e. The lowest BCUT2D eigenvalue weighted by Gasteiger charge is -2.29. The van der Waals surface area contributed by atoms with Crippen LogP contribution < -0.4 is 10.0 Å². The molecule has 168 valence electrons. The topological polar surface area (TPSA) is 93.0 Å². The molecule has 0 N–H and O–H groups in total. The maximum absolute atomic E-state index is 14.0. The normalized spacial score (nSPS) is 16.2. The van der Waals surface area contributed by atoms with Crippen LogP contribution in [0.5, 0.6) is 0 Å². The zero-order valence-corrected chi connectivity index (χ0v) is 18.3. The molecule has 8 nitrogen and oxygen atoms in total. The molecule has 0 bridgehead atoms. The minimum absolute atomic E-state index is 0.0833. The predicted octanol–water partition coefficient (Wildman–Crippen LogP) is 4.67. The number of nitro benzene ring substituents is 1. The Labute approximate surface area is 191 Å². The van der Waals surface area contributed by atoms with E-state index < -0.39 is 28.3 Å². The Balaban J connectivity index is 1.85. The van der Waals surface area contributed by atoms with Crippen LogP contribution in [0.3, 0.4) is 0 Å². The fourth-order valence-corrected chi connectivity index (χ4v) is 4.07. The fourth-order valence-electron chi connectivity index (χ4n) is 4.07. The number of hydrogen-bond donors (Lipinski definition) is 0. The van der Waals surface area contributed by atoms with Gasteiger partial charge in [0.15, 0.2) is 5.41 Å². The number of carbonyl (C=O) groups is 2. The summed E-state index contributed by atoms with van der Waals surface area (Å²) in [7, 11) is 0. The van der Waals surface area contributed by atoms with Crippen molar-refractivity contribution in [3.05, 3.63) is 101 Å². The minimum atomic E-state index is -1.60. The molecule has 1 saturated heterocycles. The third kappa shape index (κ3) is 3.74. The third-order valence-electron chi connectivity index (χ3n) is 5.74. The zero-order chi connectivity index (χ0) is 23.6. The van der Waals surface area contributed by atoms with Crippen molar-refractivity contribution in [2.75, 3.05) is 16.6 Å². The molecule has 1 aliphatic rings. The van der Waals surface area contributed by atoms with E-state index in [1.54, 1.807) is 62.4 Å². The van der Waals surface area contributed by atoms with Gasteiger partial charge in [-0.25, -0.2) is 10.0 Å². The molecular formula is C25H23N3O5. The monoisotopic (exact) mass is 445 g/mol. The van der Waals surface area contributed by atoms with E-state index in [4.69, 9.17) is 4.74 Å². The Morgan fingerprint density at radius 1 is 0.848 bits per heavy atom. The molecule has 1 aliphatic heterocycles. The number of amides is 2. The molecule has 3 aromatic rings. The summed E-state index contributed by atoms with van der Waals surface area (Å²) in [5.74, 6) is -0.890. The Morgan fingerprint density at radius 3 is 1.70 bits per heavy atom. The van der Waals surface area contributed by atoms with Gasteiger partial charge in [-0.05, 0) is 55.8 Å². The maximum Gasteiger partial charge on any atom is 0.269 e. The lowest BCUT2D eigenvalue weighted by atomic mass is 9.79. The van der Waals surface area contributed by atoms with E-state index >= 15 is 0 Å². The summed E-state index contributed by atoms with van der Waals surface area (Å²) < 4.78 is 5.96. The molecular weight excluding hydrogens is 422 g/mol. The molecule has 1 atom stereocenters. The number of ether oxygens (including phenoxy) is 1. The number of hydrogen-bond acceptors (Lipinski definition) is 5. The number of anilines is 2. The Kier molecular flexibility index (Phi) is 5.93. The number of benzene rings is 3. The van der Waals surface area contributed by atoms with E-state index in [0.717, 1.165) is 0 Å². The highest BCUT2D eigenvalue weighted by molar-refractivity contribution is 6.26. The molecule has 0 aromatic heterocycles. The predicted molar refractivity (Wildman–Crippen MR) is 123 cm³/mol. The van der Waals surface area contributed by atoms with Crippen LogP contribution in [0.4, 0.5) is 17.1 Å². The van der Waals surface area contributed by atoms with Crippen molar-refractivity contribution < 1.29 is 19.2 Å². The quantitative estimate of drug-likeness (QED) is 0.299. The molecule has 0 spiro atoms. The van der Waals surface area contributed by atoms with Gasteiger partial charge < -0.3 is 4.74 Å². The van der Waals surface area contributed by atoms with Crippen LogP contribution in [-0.2, 0) is 14.3 Å². The van der Waals surface area contributed by atoms with Crippen LogP contribution in [0.1, 0.15) is 25.5 Å². The Morgan fingerprint density at radius 2 is 1.30 bits per heavy atom. The highest BCUT2D eigenvalue weighted by Crippen LogP contribution is 2.47. The molecule has 1 unspecified atom stereocenters. The number of carbonyl (C=O) groups excluding carboxylic acids is 2. The first kappa shape index (κ1) is 22.2. The summed E-state index contributed by atoms with van der Waals surface area (Å²) in [4.78, 5) is 38.5. The van der Waals surface area contributed by atoms with E-state index in [9.17, 15) is 19.7 Å². The number of nitrogens with zero attached hydrogens (tertiary/aromatic N) is 3. The van der Waals surface area contributed by atoms with Crippen molar-refractivity contribution in [1.29, 1.82) is 0 Å². The van der Waals surface area contributed by atoms with Gasteiger partial charge in [-0.3, -0.25) is 19.7 Å².